The van der Waals surface area contributed by atoms with Gasteiger partial charge in [-0.25, -0.2) is 4.98 Å². The highest BCUT2D eigenvalue weighted by Gasteiger charge is 2.32. The van der Waals surface area contributed by atoms with Crippen LogP contribution in [-0.2, 0) is 17.6 Å². The number of anilines is 1. The standard InChI is InChI=1S/C25H25N5O2S2/c1-13-3-10-18-20(11-13)34-24-21(18)23-28-29-25(30(23)22(27-24)16-4-5-16)33-12-19(32)15-6-8-17(9-7-15)26-14(2)31/h6-9,13,16H,3-5,10-12H2,1-2H3,(H,26,31)/t13-/m0/s1. The van der Waals surface area contributed by atoms with Crippen LogP contribution in [-0.4, -0.2) is 37.0 Å². The minimum Gasteiger partial charge on any atom is -0.326 e. The largest absolute Gasteiger partial charge is 0.326 e. The van der Waals surface area contributed by atoms with Crippen molar-refractivity contribution in [3.05, 3.63) is 46.1 Å². The molecule has 0 radical (unpaired) electrons. The molecular formula is C25H25N5O2S2. The third-order valence-corrected chi connectivity index (χ3v) is 8.67. The van der Waals surface area contributed by atoms with E-state index in [1.165, 1.54) is 35.5 Å². The van der Waals surface area contributed by atoms with Gasteiger partial charge in [-0.15, -0.1) is 21.5 Å². The number of carbonyl (C=O) groups is 2. The van der Waals surface area contributed by atoms with Crippen molar-refractivity contribution in [2.75, 3.05) is 11.1 Å². The molecule has 1 aromatic carbocycles. The summed E-state index contributed by atoms with van der Waals surface area (Å²) in [5, 5.41) is 13.7. The Morgan fingerprint density at radius 2 is 1.97 bits per heavy atom. The average molecular weight is 492 g/mol. The van der Waals surface area contributed by atoms with E-state index < -0.39 is 0 Å². The lowest BCUT2D eigenvalue weighted by molar-refractivity contribution is -0.114. The van der Waals surface area contributed by atoms with Gasteiger partial charge in [-0.2, -0.15) is 0 Å². The fourth-order valence-corrected chi connectivity index (χ4v) is 6.92. The summed E-state index contributed by atoms with van der Waals surface area (Å²) in [6.07, 6.45) is 5.65. The molecule has 6 rings (SSSR count). The van der Waals surface area contributed by atoms with E-state index >= 15 is 0 Å². The molecule has 3 aromatic heterocycles. The normalized spacial score (nSPS) is 17.8. The van der Waals surface area contributed by atoms with Gasteiger partial charge in [0.2, 0.25) is 5.91 Å². The molecule has 9 heteroatoms. The SMILES string of the molecule is CC(=O)Nc1ccc(C(=O)CSc2nnc3c4c5c(sc4nc(C4CC4)n23)C[C@@H](C)CC5)cc1. The van der Waals surface area contributed by atoms with Gasteiger partial charge in [0.25, 0.3) is 0 Å². The summed E-state index contributed by atoms with van der Waals surface area (Å²) in [5.74, 6) is 2.33. The third kappa shape index (κ3) is 3.90. The van der Waals surface area contributed by atoms with Gasteiger partial charge in [0.15, 0.2) is 16.6 Å². The molecule has 4 aromatic rings. The highest BCUT2D eigenvalue weighted by Crippen LogP contribution is 2.44. The zero-order valence-corrected chi connectivity index (χ0v) is 20.8. The van der Waals surface area contributed by atoms with Gasteiger partial charge in [-0.1, -0.05) is 18.7 Å². The van der Waals surface area contributed by atoms with Gasteiger partial charge >= 0.3 is 0 Å². The molecule has 1 fully saturated rings. The lowest BCUT2D eigenvalue weighted by atomic mass is 9.89. The van der Waals surface area contributed by atoms with E-state index in [1.807, 2.05) is 11.3 Å². The van der Waals surface area contributed by atoms with Crippen molar-refractivity contribution in [2.45, 2.75) is 57.0 Å². The molecule has 1 atom stereocenters. The van der Waals surface area contributed by atoms with Gasteiger partial charge in [0.1, 0.15) is 10.7 Å². The van der Waals surface area contributed by atoms with Crippen LogP contribution in [0.15, 0.2) is 29.4 Å². The molecule has 34 heavy (non-hydrogen) atoms. The van der Waals surface area contributed by atoms with Crippen molar-refractivity contribution in [3.8, 4) is 0 Å². The summed E-state index contributed by atoms with van der Waals surface area (Å²) >= 11 is 3.24. The second-order valence-electron chi connectivity index (χ2n) is 9.39. The molecule has 0 spiro atoms. The predicted octanol–water partition coefficient (Wildman–Crippen LogP) is 5.27. The molecule has 2 aliphatic carbocycles. The lowest BCUT2D eigenvalue weighted by Gasteiger charge is -2.17. The quantitative estimate of drug-likeness (QED) is 0.292. The van der Waals surface area contributed by atoms with Gasteiger partial charge < -0.3 is 5.32 Å². The monoisotopic (exact) mass is 491 g/mol. The van der Waals surface area contributed by atoms with Crippen molar-refractivity contribution >= 4 is 56.3 Å². The smallest absolute Gasteiger partial charge is 0.221 e. The molecule has 2 aliphatic rings. The van der Waals surface area contributed by atoms with E-state index in [0.717, 1.165) is 52.5 Å². The molecule has 1 amide bonds. The minimum absolute atomic E-state index is 0.0139. The summed E-state index contributed by atoms with van der Waals surface area (Å²) < 4.78 is 2.11. The number of rotatable bonds is 6. The van der Waals surface area contributed by atoms with Crippen molar-refractivity contribution in [1.82, 2.24) is 19.6 Å². The van der Waals surface area contributed by atoms with E-state index in [-0.39, 0.29) is 17.4 Å². The number of thiophene rings is 1. The molecule has 174 valence electrons. The maximum Gasteiger partial charge on any atom is 0.221 e. The molecule has 3 heterocycles. The van der Waals surface area contributed by atoms with Crippen LogP contribution in [0.25, 0.3) is 15.9 Å². The highest BCUT2D eigenvalue weighted by atomic mass is 32.2. The number of ketones is 1. The van der Waals surface area contributed by atoms with Crippen molar-refractivity contribution < 1.29 is 9.59 Å². The Labute approximate surface area is 205 Å². The van der Waals surface area contributed by atoms with Crippen LogP contribution in [0, 0.1) is 5.92 Å². The molecule has 0 bridgehead atoms. The van der Waals surface area contributed by atoms with Gasteiger partial charge in [-0.3, -0.25) is 14.0 Å². The zero-order valence-electron chi connectivity index (χ0n) is 19.1. The molecule has 7 nitrogen and oxygen atoms in total. The topological polar surface area (TPSA) is 89.2 Å². The number of aromatic nitrogens is 4. The number of nitrogens with one attached hydrogen (secondary N) is 1. The number of amides is 1. The first-order valence-corrected chi connectivity index (χ1v) is 13.5. The number of carbonyl (C=O) groups excluding carboxylic acids is 2. The van der Waals surface area contributed by atoms with Gasteiger partial charge in [0.05, 0.1) is 11.1 Å². The second-order valence-corrected chi connectivity index (χ2v) is 11.4. The van der Waals surface area contributed by atoms with E-state index in [1.54, 1.807) is 24.3 Å². The van der Waals surface area contributed by atoms with Gasteiger partial charge in [-0.05, 0) is 67.9 Å². The average Bonchev–Trinajstić information content (AvgIpc) is 3.47. The van der Waals surface area contributed by atoms with E-state index in [2.05, 4.69) is 26.8 Å². The van der Waals surface area contributed by atoms with E-state index in [0.29, 0.717) is 23.1 Å². The Morgan fingerprint density at radius 3 is 2.71 bits per heavy atom. The van der Waals surface area contributed by atoms with E-state index in [9.17, 15) is 9.59 Å². The van der Waals surface area contributed by atoms with Crippen LogP contribution < -0.4 is 5.32 Å². The Bertz CT molecular complexity index is 1440. The number of hydrogen-bond acceptors (Lipinski definition) is 7. The molecule has 1 saturated carbocycles. The Balaban J connectivity index is 1.31. The number of nitrogens with zero attached hydrogens (tertiary/aromatic N) is 4. The summed E-state index contributed by atoms with van der Waals surface area (Å²) in [5.41, 5.74) is 3.59. The van der Waals surface area contributed by atoms with Crippen LogP contribution in [0.4, 0.5) is 5.69 Å². The summed E-state index contributed by atoms with van der Waals surface area (Å²) in [4.78, 5) is 31.7. The fourth-order valence-electron chi connectivity index (χ4n) is 4.70. The Hall–Kier alpha value is -2.78. The van der Waals surface area contributed by atoms with Crippen LogP contribution in [0.5, 0.6) is 0 Å². The first-order valence-electron chi connectivity index (χ1n) is 11.7. The molecule has 0 aliphatic heterocycles. The number of fused-ring (bicyclic) bond motifs is 5. The highest BCUT2D eigenvalue weighted by molar-refractivity contribution is 7.99. The summed E-state index contributed by atoms with van der Waals surface area (Å²) in [6, 6.07) is 6.99. The number of hydrogen-bond donors (Lipinski definition) is 1. The zero-order chi connectivity index (χ0) is 23.4. The second kappa shape index (κ2) is 8.46. The number of benzene rings is 1. The molecule has 0 unspecified atom stereocenters. The Kier molecular flexibility index (Phi) is 5.41. The fraction of sp³-hybridized carbons (Fsp3) is 0.400. The van der Waals surface area contributed by atoms with Crippen molar-refractivity contribution in [3.63, 3.8) is 0 Å². The lowest BCUT2D eigenvalue weighted by Crippen LogP contribution is -2.09. The number of thioether (sulfide) groups is 1. The van der Waals surface area contributed by atoms with Crippen LogP contribution in [0.1, 0.15) is 65.7 Å². The van der Waals surface area contributed by atoms with Gasteiger partial charge in [0, 0.05) is 29.0 Å². The minimum atomic E-state index is -0.135. The van der Waals surface area contributed by atoms with Crippen LogP contribution in [0.2, 0.25) is 0 Å². The van der Waals surface area contributed by atoms with Crippen molar-refractivity contribution in [2.24, 2.45) is 5.92 Å². The van der Waals surface area contributed by atoms with Crippen LogP contribution in [0.3, 0.4) is 0 Å². The predicted molar refractivity (Wildman–Crippen MR) is 135 cm³/mol. The summed E-state index contributed by atoms with van der Waals surface area (Å²) in [6.45, 7) is 3.78. The molecular weight excluding hydrogens is 466 g/mol. The first kappa shape index (κ1) is 21.7. The first-order chi connectivity index (χ1) is 16.5. The van der Waals surface area contributed by atoms with E-state index in [4.69, 9.17) is 4.98 Å². The Morgan fingerprint density at radius 1 is 1.18 bits per heavy atom. The number of Topliss-reactive ketones (excluding diaryl/α,β-unsaturated/α-hetero) is 1. The molecule has 1 N–H and O–H groups in total. The summed E-state index contributed by atoms with van der Waals surface area (Å²) in [7, 11) is 0. The maximum absolute atomic E-state index is 12.9. The van der Waals surface area contributed by atoms with Crippen molar-refractivity contribution in [1.29, 1.82) is 0 Å². The maximum atomic E-state index is 12.9. The number of aryl methyl sites for hydroxylation is 1. The van der Waals surface area contributed by atoms with Crippen LogP contribution >= 0.6 is 23.1 Å². The molecule has 0 saturated heterocycles. The third-order valence-electron chi connectivity index (χ3n) is 6.60.